The summed E-state index contributed by atoms with van der Waals surface area (Å²) in [6.45, 7) is 6.33. The highest BCUT2D eigenvalue weighted by Gasteiger charge is 2.60. The number of methoxy groups -OCH3 is 1. The van der Waals surface area contributed by atoms with Gasteiger partial charge in [0.1, 0.15) is 12.2 Å². The number of ether oxygens (including phenoxy) is 3. The van der Waals surface area contributed by atoms with E-state index in [2.05, 4.69) is 15.5 Å². The molecule has 1 aromatic heterocycles. The van der Waals surface area contributed by atoms with E-state index >= 15 is 0 Å². The first-order valence-corrected chi connectivity index (χ1v) is 13.1. The third-order valence-electron chi connectivity index (χ3n) is 5.68. The zero-order chi connectivity index (χ0) is 27.1. The lowest BCUT2D eigenvalue weighted by molar-refractivity contribution is -0.156. The molecule has 0 radical (unpaired) electrons. The Morgan fingerprint density at radius 2 is 1.84 bits per heavy atom. The zero-order valence-electron chi connectivity index (χ0n) is 21.0. The van der Waals surface area contributed by atoms with Crippen molar-refractivity contribution in [1.29, 1.82) is 0 Å². The van der Waals surface area contributed by atoms with Crippen molar-refractivity contribution in [3.63, 3.8) is 0 Å². The summed E-state index contributed by atoms with van der Waals surface area (Å²) < 4.78 is 42.8. The van der Waals surface area contributed by atoms with Crippen LogP contribution in [0.2, 0.25) is 0 Å². The molecule has 0 bridgehead atoms. The van der Waals surface area contributed by atoms with Gasteiger partial charge < -0.3 is 14.2 Å². The van der Waals surface area contributed by atoms with Crippen molar-refractivity contribution in [3.05, 3.63) is 46.8 Å². The standard InChI is InChI=1S/C23H27N5O8S/c1-13(29)35-11-16-12-37(32,33)21-18(34-5)20(30)28(21)17(16)19-24-25-26-27(19)10-14-6-8-15(9-7-14)22(31)36-23(2,3)4/h6-9,18,21H,10-12H2,1-5H3/t18-,21+/m0/s1. The fourth-order valence-corrected chi connectivity index (χ4v) is 6.12. The number of esters is 2. The number of hydrogen-bond acceptors (Lipinski definition) is 11. The minimum atomic E-state index is -3.83. The Kier molecular flexibility index (Phi) is 6.90. The molecule has 1 amide bonds. The lowest BCUT2D eigenvalue weighted by Crippen LogP contribution is -2.69. The average Bonchev–Trinajstić information content (AvgIpc) is 3.24. The topological polar surface area (TPSA) is 160 Å². The minimum absolute atomic E-state index is 0.126. The molecule has 3 heterocycles. The van der Waals surface area contributed by atoms with Gasteiger partial charge in [-0.15, -0.1) is 5.10 Å². The summed E-state index contributed by atoms with van der Waals surface area (Å²) in [4.78, 5) is 37.7. The molecule has 2 aliphatic rings. The number of fused-ring (bicyclic) bond motifs is 1. The molecule has 0 unspecified atom stereocenters. The molecule has 4 rings (SSSR count). The van der Waals surface area contributed by atoms with Crippen LogP contribution >= 0.6 is 0 Å². The molecular weight excluding hydrogens is 506 g/mol. The van der Waals surface area contributed by atoms with Crippen LogP contribution < -0.4 is 0 Å². The lowest BCUT2D eigenvalue weighted by atomic mass is 10.0. The molecule has 0 aliphatic carbocycles. The smallest absolute Gasteiger partial charge is 0.338 e. The lowest BCUT2D eigenvalue weighted by Gasteiger charge is -2.48. The monoisotopic (exact) mass is 533 g/mol. The van der Waals surface area contributed by atoms with Crippen LogP contribution in [0.15, 0.2) is 29.8 Å². The summed E-state index contributed by atoms with van der Waals surface area (Å²) in [5, 5.41) is 10.5. The summed E-state index contributed by atoms with van der Waals surface area (Å²) in [5.41, 5.74) is 0.808. The highest BCUT2D eigenvalue weighted by Crippen LogP contribution is 2.41. The van der Waals surface area contributed by atoms with Gasteiger partial charge in [-0.2, -0.15) is 0 Å². The second kappa shape index (κ2) is 9.67. The van der Waals surface area contributed by atoms with Crippen LogP contribution in [0.3, 0.4) is 0 Å². The molecule has 2 atom stereocenters. The van der Waals surface area contributed by atoms with E-state index in [1.807, 2.05) is 0 Å². The normalized spacial score (nSPS) is 20.8. The van der Waals surface area contributed by atoms with Gasteiger partial charge >= 0.3 is 11.9 Å². The van der Waals surface area contributed by atoms with Crippen molar-refractivity contribution >= 4 is 33.4 Å². The Hall–Kier alpha value is -3.65. The molecule has 0 saturated carbocycles. The largest absolute Gasteiger partial charge is 0.461 e. The van der Waals surface area contributed by atoms with E-state index in [1.54, 1.807) is 45.0 Å². The number of aromatic nitrogens is 4. The highest BCUT2D eigenvalue weighted by molar-refractivity contribution is 7.92. The van der Waals surface area contributed by atoms with Crippen LogP contribution in [0.25, 0.3) is 5.70 Å². The van der Waals surface area contributed by atoms with Gasteiger partial charge in [-0.3, -0.25) is 14.5 Å². The molecule has 1 fully saturated rings. The molecular formula is C23H27N5O8S. The Morgan fingerprint density at radius 3 is 2.43 bits per heavy atom. The molecule has 198 valence electrons. The third kappa shape index (κ3) is 5.25. The van der Waals surface area contributed by atoms with Crippen molar-refractivity contribution in [2.75, 3.05) is 19.5 Å². The average molecular weight is 534 g/mol. The number of hydrogen-bond donors (Lipinski definition) is 0. The number of carbonyl (C=O) groups excluding carboxylic acids is 3. The van der Waals surface area contributed by atoms with Gasteiger partial charge in [-0.1, -0.05) is 12.1 Å². The van der Waals surface area contributed by atoms with E-state index < -0.39 is 50.5 Å². The summed E-state index contributed by atoms with van der Waals surface area (Å²) in [5.74, 6) is -1.97. The van der Waals surface area contributed by atoms with Crippen molar-refractivity contribution < 1.29 is 37.0 Å². The van der Waals surface area contributed by atoms with Gasteiger partial charge in [0.25, 0.3) is 5.91 Å². The molecule has 1 saturated heterocycles. The number of amides is 1. The van der Waals surface area contributed by atoms with Crippen molar-refractivity contribution in [3.8, 4) is 0 Å². The minimum Gasteiger partial charge on any atom is -0.461 e. The highest BCUT2D eigenvalue weighted by atomic mass is 32.2. The second-order valence-corrected chi connectivity index (χ2v) is 11.8. The second-order valence-electron chi connectivity index (χ2n) is 9.65. The number of benzene rings is 1. The number of carbonyl (C=O) groups is 3. The Labute approximate surface area is 213 Å². The first-order valence-electron chi connectivity index (χ1n) is 11.3. The summed E-state index contributed by atoms with van der Waals surface area (Å²) in [6, 6.07) is 6.65. The fourth-order valence-electron chi connectivity index (χ4n) is 4.11. The van der Waals surface area contributed by atoms with Crippen molar-refractivity contribution in [2.45, 2.75) is 51.3 Å². The van der Waals surface area contributed by atoms with Crippen LogP contribution in [0.5, 0.6) is 0 Å². The molecule has 14 heteroatoms. The Morgan fingerprint density at radius 1 is 1.16 bits per heavy atom. The van der Waals surface area contributed by atoms with Gasteiger partial charge in [-0.25, -0.2) is 17.9 Å². The predicted octanol–water partition coefficient (Wildman–Crippen LogP) is 0.563. The first-order chi connectivity index (χ1) is 17.3. The summed E-state index contributed by atoms with van der Waals surface area (Å²) >= 11 is 0. The van der Waals surface area contributed by atoms with E-state index in [0.29, 0.717) is 5.56 Å². The molecule has 13 nitrogen and oxygen atoms in total. The van der Waals surface area contributed by atoms with Crippen molar-refractivity contribution in [2.24, 2.45) is 0 Å². The van der Waals surface area contributed by atoms with Crippen LogP contribution in [-0.4, -0.2) is 87.9 Å². The van der Waals surface area contributed by atoms with Gasteiger partial charge in [0.2, 0.25) is 0 Å². The van der Waals surface area contributed by atoms with Gasteiger partial charge in [0, 0.05) is 19.6 Å². The van der Waals surface area contributed by atoms with E-state index in [9.17, 15) is 22.8 Å². The maximum absolute atomic E-state index is 12.9. The quantitative estimate of drug-likeness (QED) is 0.361. The van der Waals surface area contributed by atoms with Gasteiger partial charge in [0.05, 0.1) is 23.6 Å². The van der Waals surface area contributed by atoms with Crippen molar-refractivity contribution in [1.82, 2.24) is 25.1 Å². The fraction of sp³-hybridized carbons (Fsp3) is 0.478. The number of nitrogens with zero attached hydrogens (tertiary/aromatic N) is 5. The van der Waals surface area contributed by atoms with Crippen LogP contribution in [0.4, 0.5) is 0 Å². The Bertz CT molecular complexity index is 1370. The molecule has 0 spiro atoms. The number of tetrazole rings is 1. The number of rotatable bonds is 7. The maximum atomic E-state index is 12.9. The zero-order valence-corrected chi connectivity index (χ0v) is 21.8. The molecule has 0 N–H and O–H groups in total. The van der Waals surface area contributed by atoms with E-state index in [0.717, 1.165) is 10.5 Å². The Balaban J connectivity index is 1.67. The van der Waals surface area contributed by atoms with Crippen LogP contribution in [0.1, 0.15) is 49.4 Å². The summed E-state index contributed by atoms with van der Waals surface area (Å²) in [6.07, 6.45) is -1.15. The molecule has 1 aromatic carbocycles. The predicted molar refractivity (Wildman–Crippen MR) is 127 cm³/mol. The van der Waals surface area contributed by atoms with Gasteiger partial charge in [-0.05, 0) is 48.9 Å². The van der Waals surface area contributed by atoms with E-state index in [1.165, 1.54) is 18.7 Å². The number of sulfone groups is 1. The SMILES string of the molecule is CO[C@H]1C(=O)N2C(c3nnnn3Cc3ccc(C(=O)OC(C)(C)C)cc3)=C(COC(C)=O)CS(=O)(=O)[C@H]12. The molecule has 2 aliphatic heterocycles. The summed E-state index contributed by atoms with van der Waals surface area (Å²) in [7, 11) is -2.57. The van der Waals surface area contributed by atoms with Crippen LogP contribution in [-0.2, 0) is 40.2 Å². The van der Waals surface area contributed by atoms with E-state index in [-0.39, 0.29) is 30.2 Å². The first kappa shape index (κ1) is 26.4. The third-order valence-corrected chi connectivity index (χ3v) is 7.63. The van der Waals surface area contributed by atoms with Crippen LogP contribution in [0, 0.1) is 0 Å². The number of β-lactam (4-membered cyclic amide) rings is 1. The van der Waals surface area contributed by atoms with Gasteiger partial charge in [0.15, 0.2) is 27.1 Å². The molecule has 37 heavy (non-hydrogen) atoms. The van der Waals surface area contributed by atoms with E-state index in [4.69, 9.17) is 14.2 Å². The maximum Gasteiger partial charge on any atom is 0.338 e. The molecule has 2 aromatic rings.